The SMILES string of the molecule is N#Cc1ccccc1/C=C/C(=O)N1CCCC1CN1CCCC1. The van der Waals surface area contributed by atoms with Crippen LogP contribution in [-0.4, -0.2) is 47.9 Å². The van der Waals surface area contributed by atoms with Crippen molar-refractivity contribution < 1.29 is 4.79 Å². The molecule has 1 atom stereocenters. The Bertz CT molecular complexity index is 626. The van der Waals surface area contributed by atoms with Crippen LogP contribution in [0.3, 0.4) is 0 Å². The molecule has 1 amide bonds. The van der Waals surface area contributed by atoms with Crippen LogP contribution < -0.4 is 0 Å². The molecule has 0 aliphatic carbocycles. The van der Waals surface area contributed by atoms with Crippen molar-refractivity contribution in [3.05, 3.63) is 41.5 Å². The summed E-state index contributed by atoms with van der Waals surface area (Å²) in [5.41, 5.74) is 1.41. The monoisotopic (exact) mass is 309 g/mol. The summed E-state index contributed by atoms with van der Waals surface area (Å²) in [6.45, 7) is 4.20. The van der Waals surface area contributed by atoms with E-state index in [0.717, 1.165) is 31.5 Å². The minimum Gasteiger partial charge on any atom is -0.335 e. The molecule has 4 nitrogen and oxygen atoms in total. The maximum absolute atomic E-state index is 12.5. The molecular weight excluding hydrogens is 286 g/mol. The van der Waals surface area contributed by atoms with Gasteiger partial charge in [0.2, 0.25) is 5.91 Å². The number of carbonyl (C=O) groups is 1. The second kappa shape index (κ2) is 7.43. The van der Waals surface area contributed by atoms with Crippen LogP contribution in [0.2, 0.25) is 0 Å². The van der Waals surface area contributed by atoms with Crippen LogP contribution in [0.25, 0.3) is 6.08 Å². The van der Waals surface area contributed by atoms with E-state index in [-0.39, 0.29) is 5.91 Å². The molecule has 0 aromatic heterocycles. The maximum Gasteiger partial charge on any atom is 0.246 e. The van der Waals surface area contributed by atoms with E-state index in [0.29, 0.717) is 11.6 Å². The van der Waals surface area contributed by atoms with Crippen LogP contribution in [0.5, 0.6) is 0 Å². The smallest absolute Gasteiger partial charge is 0.246 e. The van der Waals surface area contributed by atoms with Gasteiger partial charge >= 0.3 is 0 Å². The zero-order valence-corrected chi connectivity index (χ0v) is 13.4. The lowest BCUT2D eigenvalue weighted by molar-refractivity contribution is -0.127. The van der Waals surface area contributed by atoms with Crippen molar-refractivity contribution >= 4 is 12.0 Å². The Morgan fingerprint density at radius 1 is 1.22 bits per heavy atom. The van der Waals surface area contributed by atoms with E-state index in [1.54, 1.807) is 18.2 Å². The number of likely N-dealkylation sites (tertiary alicyclic amines) is 2. The standard InChI is InChI=1S/C19H23N3O/c20-14-17-7-2-1-6-16(17)9-10-19(23)22-13-5-8-18(22)15-21-11-3-4-12-21/h1-2,6-7,9-10,18H,3-5,8,11-13,15H2/b10-9+. The number of amides is 1. The lowest BCUT2D eigenvalue weighted by atomic mass is 10.1. The van der Waals surface area contributed by atoms with Gasteiger partial charge in [0.25, 0.3) is 0 Å². The third-order valence-corrected chi connectivity index (χ3v) is 4.81. The van der Waals surface area contributed by atoms with E-state index in [2.05, 4.69) is 11.0 Å². The first-order valence-corrected chi connectivity index (χ1v) is 8.48. The number of rotatable bonds is 4. The summed E-state index contributed by atoms with van der Waals surface area (Å²) in [6, 6.07) is 9.87. The normalized spacial score (nSPS) is 21.9. The van der Waals surface area contributed by atoms with Gasteiger partial charge in [0.05, 0.1) is 11.6 Å². The molecule has 23 heavy (non-hydrogen) atoms. The minimum atomic E-state index is 0.0689. The number of hydrogen-bond donors (Lipinski definition) is 0. The molecule has 2 heterocycles. The summed E-state index contributed by atoms with van der Waals surface area (Å²) < 4.78 is 0. The first-order chi connectivity index (χ1) is 11.3. The Kier molecular flexibility index (Phi) is 5.09. The lowest BCUT2D eigenvalue weighted by Crippen LogP contribution is -2.41. The highest BCUT2D eigenvalue weighted by molar-refractivity contribution is 5.92. The average molecular weight is 309 g/mol. The van der Waals surface area contributed by atoms with Crippen molar-refractivity contribution in [1.29, 1.82) is 5.26 Å². The summed E-state index contributed by atoms with van der Waals surface area (Å²) in [7, 11) is 0. The molecule has 1 unspecified atom stereocenters. The predicted octanol–water partition coefficient (Wildman–Crippen LogP) is 2.66. The van der Waals surface area contributed by atoms with Gasteiger partial charge < -0.3 is 9.80 Å². The van der Waals surface area contributed by atoms with E-state index in [9.17, 15) is 4.79 Å². The van der Waals surface area contributed by atoms with Crippen molar-refractivity contribution in [2.24, 2.45) is 0 Å². The van der Waals surface area contributed by atoms with E-state index >= 15 is 0 Å². The predicted molar refractivity (Wildman–Crippen MR) is 90.6 cm³/mol. The van der Waals surface area contributed by atoms with E-state index in [1.165, 1.54) is 25.9 Å². The number of hydrogen-bond acceptors (Lipinski definition) is 3. The quantitative estimate of drug-likeness (QED) is 0.803. The molecule has 2 saturated heterocycles. The molecule has 0 bridgehead atoms. The fourth-order valence-electron chi connectivity index (χ4n) is 3.58. The van der Waals surface area contributed by atoms with Crippen LogP contribution in [-0.2, 0) is 4.79 Å². The Balaban J connectivity index is 1.64. The average Bonchev–Trinajstić information content (AvgIpc) is 3.25. The van der Waals surface area contributed by atoms with Gasteiger partial charge in [-0.3, -0.25) is 4.79 Å². The second-order valence-corrected chi connectivity index (χ2v) is 6.37. The number of nitrogens with zero attached hydrogens (tertiary/aromatic N) is 3. The molecule has 0 spiro atoms. The highest BCUT2D eigenvalue weighted by Gasteiger charge is 2.29. The highest BCUT2D eigenvalue weighted by atomic mass is 16.2. The van der Waals surface area contributed by atoms with Gasteiger partial charge in [-0.15, -0.1) is 0 Å². The first kappa shape index (κ1) is 15.8. The molecule has 2 aliphatic rings. The third kappa shape index (κ3) is 3.80. The largest absolute Gasteiger partial charge is 0.335 e. The number of benzene rings is 1. The topological polar surface area (TPSA) is 47.3 Å². The summed E-state index contributed by atoms with van der Waals surface area (Å²) >= 11 is 0. The summed E-state index contributed by atoms with van der Waals surface area (Å²) in [6.07, 6.45) is 8.15. The van der Waals surface area contributed by atoms with Crippen LogP contribution >= 0.6 is 0 Å². The van der Waals surface area contributed by atoms with E-state index < -0.39 is 0 Å². The van der Waals surface area contributed by atoms with Crippen molar-refractivity contribution in [3.63, 3.8) is 0 Å². The highest BCUT2D eigenvalue weighted by Crippen LogP contribution is 2.21. The first-order valence-electron chi connectivity index (χ1n) is 8.48. The summed E-state index contributed by atoms with van der Waals surface area (Å²) in [5.74, 6) is 0.0689. The Hall–Kier alpha value is -2.12. The maximum atomic E-state index is 12.5. The lowest BCUT2D eigenvalue weighted by Gasteiger charge is -2.27. The van der Waals surface area contributed by atoms with Gasteiger partial charge in [0, 0.05) is 25.2 Å². The molecule has 1 aromatic carbocycles. The zero-order chi connectivity index (χ0) is 16.1. The molecule has 120 valence electrons. The molecule has 0 N–H and O–H groups in total. The van der Waals surface area contributed by atoms with Gasteiger partial charge in [0.1, 0.15) is 0 Å². The minimum absolute atomic E-state index is 0.0689. The second-order valence-electron chi connectivity index (χ2n) is 6.37. The number of carbonyl (C=O) groups excluding carboxylic acids is 1. The molecule has 0 saturated carbocycles. The summed E-state index contributed by atoms with van der Waals surface area (Å²) in [5, 5.41) is 9.11. The molecule has 1 aromatic rings. The molecular formula is C19H23N3O. The van der Waals surface area contributed by atoms with Crippen LogP contribution in [0.15, 0.2) is 30.3 Å². The molecule has 2 fully saturated rings. The van der Waals surface area contributed by atoms with Gasteiger partial charge in [-0.2, -0.15) is 5.26 Å². The van der Waals surface area contributed by atoms with Crippen molar-refractivity contribution in [2.75, 3.05) is 26.2 Å². The summed E-state index contributed by atoms with van der Waals surface area (Å²) in [4.78, 5) is 17.0. The molecule has 3 rings (SSSR count). The van der Waals surface area contributed by atoms with Gasteiger partial charge in [-0.25, -0.2) is 0 Å². The molecule has 2 aliphatic heterocycles. The van der Waals surface area contributed by atoms with Crippen LogP contribution in [0.4, 0.5) is 0 Å². The van der Waals surface area contributed by atoms with Crippen molar-refractivity contribution in [2.45, 2.75) is 31.7 Å². The fourth-order valence-corrected chi connectivity index (χ4v) is 3.58. The Morgan fingerprint density at radius 2 is 2.00 bits per heavy atom. The van der Waals surface area contributed by atoms with Crippen molar-refractivity contribution in [3.8, 4) is 6.07 Å². The van der Waals surface area contributed by atoms with E-state index in [4.69, 9.17) is 5.26 Å². The van der Waals surface area contributed by atoms with Crippen molar-refractivity contribution in [1.82, 2.24) is 9.80 Å². The Labute approximate surface area is 138 Å². The third-order valence-electron chi connectivity index (χ3n) is 4.81. The Morgan fingerprint density at radius 3 is 2.78 bits per heavy atom. The van der Waals surface area contributed by atoms with Crippen LogP contribution in [0.1, 0.15) is 36.8 Å². The zero-order valence-electron chi connectivity index (χ0n) is 13.4. The fraction of sp³-hybridized carbons (Fsp3) is 0.474. The van der Waals surface area contributed by atoms with Gasteiger partial charge in [-0.1, -0.05) is 18.2 Å². The molecule has 0 radical (unpaired) electrons. The van der Waals surface area contributed by atoms with Gasteiger partial charge in [-0.05, 0) is 56.5 Å². The van der Waals surface area contributed by atoms with E-state index in [1.807, 2.05) is 23.1 Å². The van der Waals surface area contributed by atoms with Crippen LogP contribution in [0, 0.1) is 11.3 Å². The van der Waals surface area contributed by atoms with Gasteiger partial charge in [0.15, 0.2) is 0 Å². The number of nitriles is 1. The molecule has 4 heteroatoms.